The van der Waals surface area contributed by atoms with Gasteiger partial charge >= 0.3 is 5.97 Å². The van der Waals surface area contributed by atoms with Crippen molar-refractivity contribution in [2.45, 2.75) is 51.5 Å². The summed E-state index contributed by atoms with van der Waals surface area (Å²) in [6.45, 7) is 8.74. The highest BCUT2D eigenvalue weighted by Gasteiger charge is 2.45. The van der Waals surface area contributed by atoms with E-state index in [9.17, 15) is 14.7 Å². The molecule has 27 heavy (non-hydrogen) atoms. The number of carbonyl (C=O) groups is 2. The van der Waals surface area contributed by atoms with Crippen LogP contribution in [0, 0.1) is 6.92 Å². The van der Waals surface area contributed by atoms with Crippen LogP contribution in [0.4, 0.5) is 0 Å². The fourth-order valence-electron chi connectivity index (χ4n) is 3.44. The molecule has 0 saturated carbocycles. The number of carboxylic acids is 1. The Morgan fingerprint density at radius 3 is 2.37 bits per heavy atom. The third kappa shape index (κ3) is 3.46. The first-order valence-corrected chi connectivity index (χ1v) is 9.15. The summed E-state index contributed by atoms with van der Waals surface area (Å²) in [5, 5.41) is 14.5. The zero-order chi connectivity index (χ0) is 19.8. The molecule has 1 fully saturated rings. The Morgan fingerprint density at radius 2 is 1.85 bits per heavy atom. The Bertz CT molecular complexity index is 858. The van der Waals surface area contributed by atoms with E-state index in [2.05, 4.69) is 10.1 Å². The number of nitrogens with zero attached hydrogens (tertiary/aromatic N) is 4. The van der Waals surface area contributed by atoms with Gasteiger partial charge in [0.2, 0.25) is 0 Å². The summed E-state index contributed by atoms with van der Waals surface area (Å²) in [6, 6.07) is 3.68. The average molecular weight is 370 g/mol. The fourth-order valence-corrected chi connectivity index (χ4v) is 3.44. The lowest BCUT2D eigenvalue weighted by atomic mass is 9.87. The molecule has 1 saturated heterocycles. The van der Waals surface area contributed by atoms with Crippen molar-refractivity contribution < 1.29 is 14.7 Å². The van der Waals surface area contributed by atoms with Crippen LogP contribution in [-0.4, -0.2) is 49.7 Å². The number of rotatable bonds is 3. The first-order valence-electron chi connectivity index (χ1n) is 9.15. The van der Waals surface area contributed by atoms with Crippen LogP contribution in [0.15, 0.2) is 30.7 Å². The van der Waals surface area contributed by atoms with E-state index in [1.54, 1.807) is 34.2 Å². The second-order valence-electron chi connectivity index (χ2n) is 8.22. The number of aromatic nitrogens is 3. The van der Waals surface area contributed by atoms with E-state index in [0.717, 1.165) is 11.3 Å². The summed E-state index contributed by atoms with van der Waals surface area (Å²) < 4.78 is 1.58. The van der Waals surface area contributed by atoms with Crippen molar-refractivity contribution in [2.75, 3.05) is 13.1 Å². The molecule has 0 spiro atoms. The van der Waals surface area contributed by atoms with Crippen LogP contribution in [0.5, 0.6) is 0 Å². The second-order valence-corrected chi connectivity index (χ2v) is 8.22. The molecule has 7 nitrogen and oxygen atoms in total. The first kappa shape index (κ1) is 19.1. The van der Waals surface area contributed by atoms with Gasteiger partial charge in [0, 0.05) is 49.9 Å². The Kier molecular flexibility index (Phi) is 4.80. The Balaban J connectivity index is 1.82. The molecule has 1 N–H and O–H groups in total. The van der Waals surface area contributed by atoms with Crippen molar-refractivity contribution in [1.29, 1.82) is 0 Å². The van der Waals surface area contributed by atoms with Gasteiger partial charge in [-0.2, -0.15) is 5.10 Å². The molecule has 3 rings (SSSR count). The molecule has 2 aromatic heterocycles. The Labute approximate surface area is 159 Å². The predicted molar refractivity (Wildman–Crippen MR) is 101 cm³/mol. The number of pyridine rings is 1. The second kappa shape index (κ2) is 6.79. The minimum absolute atomic E-state index is 0.101. The van der Waals surface area contributed by atoms with Crippen LogP contribution < -0.4 is 0 Å². The third-order valence-electron chi connectivity index (χ3n) is 5.34. The smallest absolute Gasteiger partial charge is 0.331 e. The molecular weight excluding hydrogens is 344 g/mol. The van der Waals surface area contributed by atoms with Crippen LogP contribution in [0.25, 0.3) is 0 Å². The minimum Gasteiger partial charge on any atom is -0.479 e. The number of amides is 1. The topological polar surface area (TPSA) is 88.3 Å². The number of hydrogen-bond donors (Lipinski definition) is 1. The van der Waals surface area contributed by atoms with Crippen molar-refractivity contribution in [3.8, 4) is 0 Å². The van der Waals surface area contributed by atoms with E-state index in [1.807, 2.05) is 33.8 Å². The highest BCUT2D eigenvalue weighted by Crippen LogP contribution is 2.32. The van der Waals surface area contributed by atoms with Crippen molar-refractivity contribution >= 4 is 11.9 Å². The quantitative estimate of drug-likeness (QED) is 0.897. The summed E-state index contributed by atoms with van der Waals surface area (Å²) in [5.41, 5.74) is 1.01. The molecule has 3 heterocycles. The zero-order valence-corrected chi connectivity index (χ0v) is 16.3. The van der Waals surface area contributed by atoms with Crippen molar-refractivity contribution in [1.82, 2.24) is 19.7 Å². The van der Waals surface area contributed by atoms with Crippen LogP contribution >= 0.6 is 0 Å². The molecule has 0 radical (unpaired) electrons. The minimum atomic E-state index is -1.12. The lowest BCUT2D eigenvalue weighted by molar-refractivity contribution is -0.150. The maximum Gasteiger partial charge on any atom is 0.331 e. The third-order valence-corrected chi connectivity index (χ3v) is 5.34. The standard InChI is InChI=1S/C20H26N4O3/c1-14-5-9-21-13-15(14)17(25)23-11-7-20(8-12-23,18(26)27)24-10-6-16(22-24)19(2,3)4/h5-6,9-10,13H,7-8,11-12H2,1-4H3,(H,26,27). The number of aryl methyl sites for hydroxylation is 1. The molecule has 2 aromatic rings. The molecule has 144 valence electrons. The maximum atomic E-state index is 12.8. The van der Waals surface area contributed by atoms with Crippen LogP contribution in [-0.2, 0) is 15.7 Å². The summed E-state index contributed by atoms with van der Waals surface area (Å²) >= 11 is 0. The van der Waals surface area contributed by atoms with Gasteiger partial charge in [0.1, 0.15) is 0 Å². The lowest BCUT2D eigenvalue weighted by Gasteiger charge is -2.39. The highest BCUT2D eigenvalue weighted by molar-refractivity contribution is 5.95. The van der Waals surface area contributed by atoms with Gasteiger partial charge in [-0.05, 0) is 24.6 Å². The zero-order valence-electron chi connectivity index (χ0n) is 16.3. The summed E-state index contributed by atoms with van der Waals surface area (Å²) in [6.07, 6.45) is 5.61. The molecule has 0 aliphatic carbocycles. The largest absolute Gasteiger partial charge is 0.479 e. The van der Waals surface area contributed by atoms with E-state index in [4.69, 9.17) is 0 Å². The molecular formula is C20H26N4O3. The van der Waals surface area contributed by atoms with Gasteiger partial charge in [-0.15, -0.1) is 0 Å². The Hall–Kier alpha value is -2.70. The average Bonchev–Trinajstić information content (AvgIpc) is 3.12. The molecule has 1 amide bonds. The van der Waals surface area contributed by atoms with Gasteiger partial charge in [0.25, 0.3) is 5.91 Å². The lowest BCUT2D eigenvalue weighted by Crippen LogP contribution is -2.52. The molecule has 7 heteroatoms. The molecule has 0 unspecified atom stereocenters. The number of hydrogen-bond acceptors (Lipinski definition) is 4. The van der Waals surface area contributed by atoms with E-state index < -0.39 is 11.5 Å². The molecule has 1 aliphatic heterocycles. The van der Waals surface area contributed by atoms with Crippen molar-refractivity contribution in [2.24, 2.45) is 0 Å². The van der Waals surface area contributed by atoms with E-state index >= 15 is 0 Å². The molecule has 0 bridgehead atoms. The number of carboxylic acid groups (broad SMARTS) is 1. The number of aliphatic carboxylic acids is 1. The fraction of sp³-hybridized carbons (Fsp3) is 0.500. The van der Waals surface area contributed by atoms with Gasteiger partial charge in [-0.25, -0.2) is 4.79 Å². The predicted octanol–water partition coefficient (Wildman–Crippen LogP) is 2.60. The molecule has 0 atom stereocenters. The number of carbonyl (C=O) groups excluding carboxylic acids is 1. The van der Waals surface area contributed by atoms with Gasteiger partial charge in [-0.1, -0.05) is 20.8 Å². The van der Waals surface area contributed by atoms with Crippen LogP contribution in [0.1, 0.15) is 55.2 Å². The van der Waals surface area contributed by atoms with Crippen LogP contribution in [0.2, 0.25) is 0 Å². The first-order chi connectivity index (χ1) is 12.6. The van der Waals surface area contributed by atoms with E-state index in [1.165, 1.54) is 0 Å². The summed E-state index contributed by atoms with van der Waals surface area (Å²) in [5.74, 6) is -1.01. The number of piperidine rings is 1. The monoisotopic (exact) mass is 370 g/mol. The molecule has 0 aromatic carbocycles. The maximum absolute atomic E-state index is 12.8. The normalized spacial score (nSPS) is 17.0. The Morgan fingerprint density at radius 1 is 1.19 bits per heavy atom. The van der Waals surface area contributed by atoms with Gasteiger partial charge in [0.15, 0.2) is 5.54 Å². The summed E-state index contributed by atoms with van der Waals surface area (Å²) in [4.78, 5) is 30.7. The molecule has 1 aliphatic rings. The van der Waals surface area contributed by atoms with Gasteiger partial charge in [-0.3, -0.25) is 14.5 Å². The van der Waals surface area contributed by atoms with Crippen molar-refractivity contribution in [3.05, 3.63) is 47.5 Å². The van der Waals surface area contributed by atoms with E-state index in [0.29, 0.717) is 31.5 Å². The van der Waals surface area contributed by atoms with Crippen molar-refractivity contribution in [3.63, 3.8) is 0 Å². The van der Waals surface area contributed by atoms with E-state index in [-0.39, 0.29) is 11.3 Å². The number of likely N-dealkylation sites (tertiary alicyclic amines) is 1. The highest BCUT2D eigenvalue weighted by atomic mass is 16.4. The SMILES string of the molecule is Cc1ccncc1C(=O)N1CCC(C(=O)O)(n2ccc(C(C)(C)C)n2)CC1. The summed E-state index contributed by atoms with van der Waals surface area (Å²) in [7, 11) is 0. The van der Waals surface area contributed by atoms with Crippen LogP contribution in [0.3, 0.4) is 0 Å². The van der Waals surface area contributed by atoms with Gasteiger partial charge < -0.3 is 10.0 Å². The van der Waals surface area contributed by atoms with Gasteiger partial charge in [0.05, 0.1) is 11.3 Å².